The summed E-state index contributed by atoms with van der Waals surface area (Å²) in [5.41, 5.74) is 0.757. The smallest absolute Gasteiger partial charge is 0.251 e. The van der Waals surface area contributed by atoms with Gasteiger partial charge in [-0.25, -0.2) is 4.98 Å². The Bertz CT molecular complexity index is 456. The maximum atomic E-state index is 11.7. The summed E-state index contributed by atoms with van der Waals surface area (Å²) in [6, 6.07) is 1.58. The average Bonchev–Trinajstić information content (AvgIpc) is 2.27. The van der Waals surface area contributed by atoms with Crippen LogP contribution in [0.5, 0.6) is 0 Å². The minimum atomic E-state index is -0.122. The summed E-state index contributed by atoms with van der Waals surface area (Å²) in [6.45, 7) is 6.61. The molecule has 1 aliphatic heterocycles. The number of aromatic amines is 1. The molecular formula is C13H21N3O2. The largest absolute Gasteiger partial charge is 0.368 e. The number of ether oxygens (including phenoxy) is 1. The molecule has 1 saturated heterocycles. The molecule has 0 spiro atoms. The van der Waals surface area contributed by atoms with Gasteiger partial charge in [-0.1, -0.05) is 13.8 Å². The minimum Gasteiger partial charge on any atom is -0.368 e. The maximum Gasteiger partial charge on any atom is 0.251 e. The first kappa shape index (κ1) is 13.2. The highest BCUT2D eigenvalue weighted by Crippen LogP contribution is 2.17. The molecule has 100 valence electrons. The molecule has 0 aromatic carbocycles. The Kier molecular flexibility index (Phi) is 4.14. The Morgan fingerprint density at radius 2 is 2.39 bits per heavy atom. The molecule has 1 fully saturated rings. The van der Waals surface area contributed by atoms with Crippen molar-refractivity contribution in [3.8, 4) is 0 Å². The van der Waals surface area contributed by atoms with E-state index < -0.39 is 0 Å². The van der Waals surface area contributed by atoms with Crippen molar-refractivity contribution in [1.29, 1.82) is 0 Å². The van der Waals surface area contributed by atoms with E-state index in [4.69, 9.17) is 4.74 Å². The van der Waals surface area contributed by atoms with Gasteiger partial charge in [0.2, 0.25) is 0 Å². The number of nitrogens with one attached hydrogen (secondary N) is 1. The molecule has 0 aliphatic carbocycles. The number of hydrogen-bond donors (Lipinski definition) is 1. The van der Waals surface area contributed by atoms with E-state index in [-0.39, 0.29) is 11.7 Å². The van der Waals surface area contributed by atoms with Gasteiger partial charge in [-0.3, -0.25) is 4.79 Å². The fourth-order valence-corrected chi connectivity index (χ4v) is 2.15. The van der Waals surface area contributed by atoms with Gasteiger partial charge in [0.05, 0.1) is 6.61 Å². The average molecular weight is 251 g/mol. The molecule has 1 aromatic rings. The summed E-state index contributed by atoms with van der Waals surface area (Å²) >= 11 is 0. The molecule has 5 heteroatoms. The van der Waals surface area contributed by atoms with Crippen LogP contribution >= 0.6 is 0 Å². The Morgan fingerprint density at radius 1 is 1.61 bits per heavy atom. The van der Waals surface area contributed by atoms with Crippen LogP contribution in [0.3, 0.4) is 0 Å². The molecule has 0 radical (unpaired) electrons. The summed E-state index contributed by atoms with van der Waals surface area (Å²) in [6.07, 6.45) is 0.697. The number of likely N-dealkylation sites (N-methyl/N-ethyl adjacent to an activating group) is 1. The van der Waals surface area contributed by atoms with Crippen LogP contribution < -0.4 is 5.56 Å². The van der Waals surface area contributed by atoms with Gasteiger partial charge >= 0.3 is 0 Å². The summed E-state index contributed by atoms with van der Waals surface area (Å²) in [5.74, 6) is 1.15. The number of morpholine rings is 1. The minimum absolute atomic E-state index is 0.0903. The second-order valence-electron chi connectivity index (χ2n) is 5.34. The third-order valence-corrected chi connectivity index (χ3v) is 3.00. The molecule has 0 bridgehead atoms. The van der Waals surface area contributed by atoms with Crippen LogP contribution in [-0.2, 0) is 11.2 Å². The highest BCUT2D eigenvalue weighted by Gasteiger charge is 2.22. The Hall–Kier alpha value is -1.20. The molecule has 2 rings (SSSR count). The van der Waals surface area contributed by atoms with Gasteiger partial charge in [-0.2, -0.15) is 0 Å². The third kappa shape index (κ3) is 3.40. The number of nitrogens with zero attached hydrogens (tertiary/aromatic N) is 2. The van der Waals surface area contributed by atoms with Crippen molar-refractivity contribution in [2.24, 2.45) is 5.92 Å². The molecule has 18 heavy (non-hydrogen) atoms. The second-order valence-corrected chi connectivity index (χ2v) is 5.34. The SMILES string of the molecule is CC(C)Cc1cc(=O)[nH]c(C2CN(C)CCO2)n1. The lowest BCUT2D eigenvalue weighted by Crippen LogP contribution is -2.36. The van der Waals surface area contributed by atoms with Gasteiger partial charge in [0.1, 0.15) is 11.9 Å². The van der Waals surface area contributed by atoms with Crippen molar-refractivity contribution in [3.05, 3.63) is 27.9 Å². The fourth-order valence-electron chi connectivity index (χ4n) is 2.15. The van der Waals surface area contributed by atoms with Gasteiger partial charge in [0.15, 0.2) is 0 Å². The molecule has 2 heterocycles. The molecule has 1 unspecified atom stereocenters. The maximum absolute atomic E-state index is 11.7. The molecule has 0 saturated carbocycles. The van der Waals surface area contributed by atoms with Crippen molar-refractivity contribution < 1.29 is 4.74 Å². The third-order valence-electron chi connectivity index (χ3n) is 3.00. The number of rotatable bonds is 3. The van der Waals surface area contributed by atoms with Crippen LogP contribution in [0.25, 0.3) is 0 Å². The lowest BCUT2D eigenvalue weighted by atomic mass is 10.1. The molecule has 1 N–H and O–H groups in total. The molecule has 1 aliphatic rings. The van der Waals surface area contributed by atoms with Crippen LogP contribution in [0.15, 0.2) is 10.9 Å². The van der Waals surface area contributed by atoms with Crippen molar-refractivity contribution in [3.63, 3.8) is 0 Å². The lowest BCUT2D eigenvalue weighted by Gasteiger charge is -2.29. The van der Waals surface area contributed by atoms with Gasteiger partial charge in [-0.15, -0.1) is 0 Å². The van der Waals surface area contributed by atoms with Crippen molar-refractivity contribution >= 4 is 0 Å². The van der Waals surface area contributed by atoms with Crippen LogP contribution in [0.2, 0.25) is 0 Å². The number of hydrogen-bond acceptors (Lipinski definition) is 4. The van der Waals surface area contributed by atoms with E-state index in [9.17, 15) is 4.79 Å². The predicted molar refractivity (Wildman–Crippen MR) is 69.6 cm³/mol. The zero-order chi connectivity index (χ0) is 13.1. The highest BCUT2D eigenvalue weighted by molar-refractivity contribution is 5.06. The standard InChI is InChI=1S/C13H21N3O2/c1-9(2)6-10-7-12(17)15-13(14-10)11-8-16(3)4-5-18-11/h7,9,11H,4-6,8H2,1-3H3,(H,14,15,17). The number of H-pyrrole nitrogens is 1. The monoisotopic (exact) mass is 251 g/mol. The predicted octanol–water partition coefficient (Wildman–Crippen LogP) is 0.972. The van der Waals surface area contributed by atoms with Gasteiger partial charge in [0, 0.05) is 24.8 Å². The van der Waals surface area contributed by atoms with E-state index in [0.717, 1.165) is 25.2 Å². The molecule has 1 aromatic heterocycles. The summed E-state index contributed by atoms with van der Waals surface area (Å²) in [7, 11) is 2.05. The highest BCUT2D eigenvalue weighted by atomic mass is 16.5. The van der Waals surface area contributed by atoms with Crippen molar-refractivity contribution in [2.45, 2.75) is 26.4 Å². The molecule has 0 amide bonds. The summed E-state index contributed by atoms with van der Waals surface area (Å²) in [4.78, 5) is 21.2. The fraction of sp³-hybridized carbons (Fsp3) is 0.692. The van der Waals surface area contributed by atoms with Crippen LogP contribution in [0.4, 0.5) is 0 Å². The summed E-state index contributed by atoms with van der Waals surface area (Å²) in [5, 5.41) is 0. The van der Waals surface area contributed by atoms with E-state index in [1.54, 1.807) is 6.07 Å². The normalized spacial score (nSPS) is 21.4. The van der Waals surface area contributed by atoms with Crippen molar-refractivity contribution in [2.75, 3.05) is 26.7 Å². The first-order valence-electron chi connectivity index (χ1n) is 6.45. The quantitative estimate of drug-likeness (QED) is 0.869. The first-order chi connectivity index (χ1) is 8.54. The molecular weight excluding hydrogens is 230 g/mol. The van der Waals surface area contributed by atoms with Gasteiger partial charge in [-0.05, 0) is 19.4 Å². The van der Waals surface area contributed by atoms with Crippen LogP contribution in [-0.4, -0.2) is 41.6 Å². The van der Waals surface area contributed by atoms with Crippen LogP contribution in [0, 0.1) is 5.92 Å². The zero-order valence-electron chi connectivity index (χ0n) is 11.3. The van der Waals surface area contributed by atoms with Gasteiger partial charge in [0.25, 0.3) is 5.56 Å². The summed E-state index contributed by atoms with van der Waals surface area (Å²) < 4.78 is 5.68. The Balaban J connectivity index is 2.21. The van der Waals surface area contributed by atoms with E-state index >= 15 is 0 Å². The zero-order valence-corrected chi connectivity index (χ0v) is 11.3. The second kappa shape index (κ2) is 5.63. The van der Waals surface area contributed by atoms with E-state index in [0.29, 0.717) is 18.3 Å². The molecule has 5 nitrogen and oxygen atoms in total. The first-order valence-corrected chi connectivity index (χ1v) is 6.45. The Morgan fingerprint density at radius 3 is 3.06 bits per heavy atom. The topological polar surface area (TPSA) is 58.2 Å². The molecule has 1 atom stereocenters. The van der Waals surface area contributed by atoms with E-state index in [1.165, 1.54) is 0 Å². The van der Waals surface area contributed by atoms with Crippen molar-refractivity contribution in [1.82, 2.24) is 14.9 Å². The van der Waals surface area contributed by atoms with E-state index in [2.05, 4.69) is 28.7 Å². The number of aromatic nitrogens is 2. The lowest BCUT2D eigenvalue weighted by molar-refractivity contribution is -0.0257. The van der Waals surface area contributed by atoms with Gasteiger partial charge < -0.3 is 14.6 Å². The van der Waals surface area contributed by atoms with E-state index in [1.807, 2.05) is 7.05 Å². The van der Waals surface area contributed by atoms with Crippen LogP contribution in [0.1, 0.15) is 31.5 Å². The Labute approximate surface area is 107 Å².